The number of benzene rings is 1. The quantitative estimate of drug-likeness (QED) is 0.789. The Labute approximate surface area is 112 Å². The first kappa shape index (κ1) is 12.3. The minimum absolute atomic E-state index is 0.115. The van der Waals surface area contributed by atoms with E-state index in [-0.39, 0.29) is 5.78 Å². The molecule has 3 nitrogen and oxygen atoms in total. The second-order valence-electron chi connectivity index (χ2n) is 5.14. The molecular formula is C16H17NO2. The topological polar surface area (TPSA) is 39.2 Å². The van der Waals surface area contributed by atoms with Crippen LogP contribution in [0.15, 0.2) is 36.7 Å². The fourth-order valence-corrected chi connectivity index (χ4v) is 3.04. The highest BCUT2D eigenvalue weighted by Crippen LogP contribution is 2.36. The number of hydrogen-bond donors (Lipinski definition) is 0. The summed E-state index contributed by atoms with van der Waals surface area (Å²) in [6.45, 7) is 0. The summed E-state index contributed by atoms with van der Waals surface area (Å²) in [6.07, 6.45) is 7.29. The van der Waals surface area contributed by atoms with Crippen LogP contribution in [0.3, 0.4) is 0 Å². The minimum Gasteiger partial charge on any atom is -0.370 e. The second-order valence-corrected chi connectivity index (χ2v) is 5.14. The van der Waals surface area contributed by atoms with Crippen LogP contribution in [-0.2, 0) is 4.74 Å². The molecule has 0 radical (unpaired) electrons. The smallest absolute Gasteiger partial charge is 0.195 e. The summed E-state index contributed by atoms with van der Waals surface area (Å²) < 4.78 is 5.60. The number of fused-ring (bicyclic) bond motifs is 1. The molecule has 0 unspecified atom stereocenters. The van der Waals surface area contributed by atoms with Crippen LogP contribution in [0, 0.1) is 0 Å². The molecule has 1 heterocycles. The number of aromatic nitrogens is 1. The Balaban J connectivity index is 2.11. The molecule has 0 N–H and O–H groups in total. The molecule has 1 saturated carbocycles. The molecule has 0 atom stereocenters. The SMILES string of the molecule is COC1(C(=O)c2cccc3cnccc23)CCCC1. The van der Waals surface area contributed by atoms with Gasteiger partial charge in [-0.25, -0.2) is 0 Å². The Bertz CT molecular complexity index is 610. The summed E-state index contributed by atoms with van der Waals surface area (Å²) in [4.78, 5) is 17.0. The summed E-state index contributed by atoms with van der Waals surface area (Å²) >= 11 is 0. The lowest BCUT2D eigenvalue weighted by Crippen LogP contribution is -2.37. The van der Waals surface area contributed by atoms with E-state index in [2.05, 4.69) is 4.98 Å². The molecule has 1 aromatic heterocycles. The van der Waals surface area contributed by atoms with Crippen LogP contribution < -0.4 is 0 Å². The lowest BCUT2D eigenvalue weighted by molar-refractivity contribution is 0.00617. The highest BCUT2D eigenvalue weighted by atomic mass is 16.5. The maximum absolute atomic E-state index is 12.9. The van der Waals surface area contributed by atoms with E-state index in [0.29, 0.717) is 0 Å². The highest BCUT2D eigenvalue weighted by molar-refractivity contribution is 6.12. The zero-order valence-electron chi connectivity index (χ0n) is 11.1. The van der Waals surface area contributed by atoms with Gasteiger partial charge < -0.3 is 4.74 Å². The predicted octanol–water partition coefficient (Wildman–Crippen LogP) is 3.38. The minimum atomic E-state index is -0.614. The Hall–Kier alpha value is -1.74. The number of Topliss-reactive ketones (excluding diaryl/α,β-unsaturated/α-hetero) is 1. The van der Waals surface area contributed by atoms with Gasteiger partial charge in [-0.2, -0.15) is 0 Å². The van der Waals surface area contributed by atoms with Crippen LogP contribution in [0.1, 0.15) is 36.0 Å². The molecule has 1 aliphatic rings. The van der Waals surface area contributed by atoms with E-state index in [1.807, 2.05) is 24.3 Å². The van der Waals surface area contributed by atoms with Gasteiger partial charge in [0.05, 0.1) is 0 Å². The first-order valence-electron chi connectivity index (χ1n) is 6.69. The standard InChI is InChI=1S/C16H17NO2/c1-19-16(8-2-3-9-16)15(18)14-6-4-5-12-11-17-10-7-13(12)14/h4-7,10-11H,2-3,8-9H2,1H3. The van der Waals surface area contributed by atoms with Crippen molar-refractivity contribution in [1.82, 2.24) is 4.98 Å². The monoisotopic (exact) mass is 255 g/mol. The Kier molecular flexibility index (Phi) is 3.07. The second kappa shape index (κ2) is 4.74. The van der Waals surface area contributed by atoms with E-state index >= 15 is 0 Å². The van der Waals surface area contributed by atoms with Crippen molar-refractivity contribution in [3.8, 4) is 0 Å². The maximum Gasteiger partial charge on any atom is 0.195 e. The van der Waals surface area contributed by atoms with E-state index in [9.17, 15) is 4.79 Å². The van der Waals surface area contributed by atoms with E-state index in [0.717, 1.165) is 42.0 Å². The van der Waals surface area contributed by atoms with Crippen molar-refractivity contribution in [2.45, 2.75) is 31.3 Å². The van der Waals surface area contributed by atoms with Crippen LogP contribution in [0.2, 0.25) is 0 Å². The number of carbonyl (C=O) groups is 1. The number of ketones is 1. The van der Waals surface area contributed by atoms with Gasteiger partial charge in [0.1, 0.15) is 5.60 Å². The molecule has 0 amide bonds. The zero-order chi connectivity index (χ0) is 13.3. The van der Waals surface area contributed by atoms with Gasteiger partial charge in [0.2, 0.25) is 0 Å². The number of methoxy groups -OCH3 is 1. The third-order valence-electron chi connectivity index (χ3n) is 4.14. The highest BCUT2D eigenvalue weighted by Gasteiger charge is 2.41. The summed E-state index contributed by atoms with van der Waals surface area (Å²) in [7, 11) is 1.65. The van der Waals surface area contributed by atoms with Gasteiger partial charge in [-0.1, -0.05) is 18.2 Å². The molecule has 1 aliphatic carbocycles. The van der Waals surface area contributed by atoms with Crippen molar-refractivity contribution in [3.05, 3.63) is 42.2 Å². The number of ether oxygens (including phenoxy) is 1. The van der Waals surface area contributed by atoms with Crippen LogP contribution in [0.25, 0.3) is 10.8 Å². The Morgan fingerprint density at radius 2 is 2.05 bits per heavy atom. The van der Waals surface area contributed by atoms with Gasteiger partial charge in [-0.05, 0) is 37.1 Å². The van der Waals surface area contributed by atoms with Crippen molar-refractivity contribution < 1.29 is 9.53 Å². The largest absolute Gasteiger partial charge is 0.370 e. The van der Waals surface area contributed by atoms with Crippen molar-refractivity contribution in [3.63, 3.8) is 0 Å². The molecule has 0 spiro atoms. The molecule has 0 saturated heterocycles. The average molecular weight is 255 g/mol. The molecule has 3 rings (SSSR count). The molecule has 2 aromatic rings. The first-order valence-corrected chi connectivity index (χ1v) is 6.69. The summed E-state index contributed by atoms with van der Waals surface area (Å²) in [5.41, 5.74) is 0.140. The van der Waals surface area contributed by atoms with Gasteiger partial charge in [0.15, 0.2) is 5.78 Å². The van der Waals surface area contributed by atoms with Crippen molar-refractivity contribution in [2.75, 3.05) is 7.11 Å². The maximum atomic E-state index is 12.9. The third kappa shape index (κ3) is 1.94. The van der Waals surface area contributed by atoms with Crippen LogP contribution in [0.4, 0.5) is 0 Å². The number of carbonyl (C=O) groups excluding carboxylic acids is 1. The third-order valence-corrected chi connectivity index (χ3v) is 4.14. The molecule has 1 aromatic carbocycles. The fourth-order valence-electron chi connectivity index (χ4n) is 3.04. The van der Waals surface area contributed by atoms with Crippen molar-refractivity contribution >= 4 is 16.6 Å². The summed E-state index contributed by atoms with van der Waals surface area (Å²) in [5.74, 6) is 0.115. The van der Waals surface area contributed by atoms with Gasteiger partial charge in [-0.3, -0.25) is 9.78 Å². The number of nitrogens with zero attached hydrogens (tertiary/aromatic N) is 1. The van der Waals surface area contributed by atoms with E-state index in [1.54, 1.807) is 19.5 Å². The molecule has 0 bridgehead atoms. The fraction of sp³-hybridized carbons (Fsp3) is 0.375. The van der Waals surface area contributed by atoms with E-state index < -0.39 is 5.60 Å². The summed E-state index contributed by atoms with van der Waals surface area (Å²) in [5, 5.41) is 1.96. The Morgan fingerprint density at radius 3 is 2.79 bits per heavy atom. The number of pyridine rings is 1. The molecule has 0 aliphatic heterocycles. The van der Waals surface area contributed by atoms with Crippen molar-refractivity contribution in [1.29, 1.82) is 0 Å². The van der Waals surface area contributed by atoms with E-state index in [4.69, 9.17) is 4.74 Å². The molecular weight excluding hydrogens is 238 g/mol. The predicted molar refractivity (Wildman–Crippen MR) is 74.3 cm³/mol. The molecule has 3 heteroatoms. The van der Waals surface area contributed by atoms with Crippen LogP contribution >= 0.6 is 0 Å². The average Bonchev–Trinajstić information content (AvgIpc) is 2.96. The van der Waals surface area contributed by atoms with Gasteiger partial charge in [0, 0.05) is 30.5 Å². The van der Waals surface area contributed by atoms with E-state index in [1.165, 1.54) is 0 Å². The first-order chi connectivity index (χ1) is 9.27. The lowest BCUT2D eigenvalue weighted by Gasteiger charge is -2.26. The molecule has 19 heavy (non-hydrogen) atoms. The normalized spacial score (nSPS) is 17.7. The van der Waals surface area contributed by atoms with Crippen LogP contribution in [-0.4, -0.2) is 23.5 Å². The molecule has 98 valence electrons. The molecule has 1 fully saturated rings. The number of rotatable bonds is 3. The Morgan fingerprint density at radius 1 is 1.26 bits per heavy atom. The lowest BCUT2D eigenvalue weighted by atomic mass is 9.89. The van der Waals surface area contributed by atoms with Gasteiger partial charge >= 0.3 is 0 Å². The van der Waals surface area contributed by atoms with Crippen LogP contribution in [0.5, 0.6) is 0 Å². The van der Waals surface area contributed by atoms with Gasteiger partial charge in [0.25, 0.3) is 0 Å². The zero-order valence-corrected chi connectivity index (χ0v) is 11.1. The van der Waals surface area contributed by atoms with Crippen molar-refractivity contribution in [2.24, 2.45) is 0 Å². The number of hydrogen-bond acceptors (Lipinski definition) is 3. The van der Waals surface area contributed by atoms with Gasteiger partial charge in [-0.15, -0.1) is 0 Å². The summed E-state index contributed by atoms with van der Waals surface area (Å²) in [6, 6.07) is 7.69.